The molecule has 1 aromatic heterocycles. The Morgan fingerprint density at radius 3 is 2.81 bits per heavy atom. The summed E-state index contributed by atoms with van der Waals surface area (Å²) in [6.07, 6.45) is 6.14. The summed E-state index contributed by atoms with van der Waals surface area (Å²) in [4.78, 5) is 12.4. The first-order valence-electron chi connectivity index (χ1n) is 9.25. The minimum atomic E-state index is -0.0713. The number of hydrogen-bond donors (Lipinski definition) is 1. The number of nitrogens with one attached hydrogen (secondary N) is 1. The van der Waals surface area contributed by atoms with Gasteiger partial charge < -0.3 is 14.6 Å². The second kappa shape index (κ2) is 9.07. The lowest BCUT2D eigenvalue weighted by Gasteiger charge is -2.24. The van der Waals surface area contributed by atoms with Crippen LogP contribution in [-0.4, -0.2) is 33.0 Å². The van der Waals surface area contributed by atoms with E-state index >= 15 is 0 Å². The summed E-state index contributed by atoms with van der Waals surface area (Å²) in [6, 6.07) is 7.94. The van der Waals surface area contributed by atoms with Crippen LogP contribution in [0.3, 0.4) is 0 Å². The van der Waals surface area contributed by atoms with Gasteiger partial charge in [-0.3, -0.25) is 4.79 Å². The van der Waals surface area contributed by atoms with E-state index in [4.69, 9.17) is 4.74 Å². The number of carbonyl (C=O) groups excluding carboxylic acids is 1. The van der Waals surface area contributed by atoms with Crippen molar-refractivity contribution in [3.8, 4) is 5.75 Å². The van der Waals surface area contributed by atoms with Crippen molar-refractivity contribution in [1.29, 1.82) is 0 Å². The van der Waals surface area contributed by atoms with Crippen molar-refractivity contribution in [2.75, 3.05) is 17.7 Å². The Labute approximate surface area is 158 Å². The van der Waals surface area contributed by atoms with Gasteiger partial charge in [-0.2, -0.15) is 0 Å². The molecule has 1 amide bonds. The molecule has 140 valence electrons. The molecule has 0 bridgehead atoms. The summed E-state index contributed by atoms with van der Waals surface area (Å²) >= 11 is 1.44. The van der Waals surface area contributed by atoms with Crippen molar-refractivity contribution in [1.82, 2.24) is 14.8 Å². The van der Waals surface area contributed by atoms with E-state index in [9.17, 15) is 4.79 Å². The van der Waals surface area contributed by atoms with E-state index in [-0.39, 0.29) is 5.91 Å². The molecule has 1 aliphatic carbocycles. The standard InChI is InChI=1S/C19H26N4O2S/c1-3-25-17-12-8-7-11-16(17)20-18(24)13-26-19-22-21-14(2)23(19)15-9-5-4-6-10-15/h7-8,11-12,15H,3-6,9-10,13H2,1-2H3,(H,20,24). The highest BCUT2D eigenvalue weighted by Gasteiger charge is 2.21. The summed E-state index contributed by atoms with van der Waals surface area (Å²) in [7, 11) is 0. The largest absolute Gasteiger partial charge is 0.492 e. The van der Waals surface area contributed by atoms with Crippen LogP contribution < -0.4 is 10.1 Å². The minimum Gasteiger partial charge on any atom is -0.492 e. The molecule has 0 radical (unpaired) electrons. The summed E-state index contributed by atoms with van der Waals surface area (Å²) in [5, 5.41) is 12.3. The van der Waals surface area contributed by atoms with Gasteiger partial charge in [-0.05, 0) is 38.8 Å². The molecule has 1 heterocycles. The smallest absolute Gasteiger partial charge is 0.234 e. The Morgan fingerprint density at radius 2 is 2.04 bits per heavy atom. The van der Waals surface area contributed by atoms with Gasteiger partial charge in [-0.1, -0.05) is 43.2 Å². The molecule has 26 heavy (non-hydrogen) atoms. The van der Waals surface area contributed by atoms with Gasteiger partial charge in [0.1, 0.15) is 11.6 Å². The molecule has 2 aromatic rings. The van der Waals surface area contributed by atoms with Crippen molar-refractivity contribution in [2.24, 2.45) is 0 Å². The zero-order valence-electron chi connectivity index (χ0n) is 15.4. The number of amides is 1. The van der Waals surface area contributed by atoms with E-state index in [1.807, 2.05) is 38.1 Å². The molecule has 1 aliphatic rings. The molecule has 1 saturated carbocycles. The van der Waals surface area contributed by atoms with E-state index in [0.29, 0.717) is 29.8 Å². The van der Waals surface area contributed by atoms with Gasteiger partial charge in [-0.15, -0.1) is 10.2 Å². The van der Waals surface area contributed by atoms with Crippen molar-refractivity contribution in [3.05, 3.63) is 30.1 Å². The third-order valence-electron chi connectivity index (χ3n) is 4.57. The van der Waals surface area contributed by atoms with Gasteiger partial charge >= 0.3 is 0 Å². The van der Waals surface area contributed by atoms with Gasteiger partial charge in [-0.25, -0.2) is 0 Å². The zero-order chi connectivity index (χ0) is 18.4. The SMILES string of the molecule is CCOc1ccccc1NC(=O)CSc1nnc(C)n1C1CCCCC1. The van der Waals surface area contributed by atoms with Gasteiger partial charge in [0.15, 0.2) is 5.16 Å². The molecule has 7 heteroatoms. The van der Waals surface area contributed by atoms with Crippen molar-refractivity contribution < 1.29 is 9.53 Å². The van der Waals surface area contributed by atoms with Crippen LogP contribution in [0.15, 0.2) is 29.4 Å². The van der Waals surface area contributed by atoms with Gasteiger partial charge in [0, 0.05) is 6.04 Å². The summed E-state index contributed by atoms with van der Waals surface area (Å²) in [5.74, 6) is 1.85. The molecule has 3 rings (SSSR count). The summed E-state index contributed by atoms with van der Waals surface area (Å²) in [5.41, 5.74) is 0.699. The molecule has 1 fully saturated rings. The maximum atomic E-state index is 12.4. The molecular formula is C19H26N4O2S. The third-order valence-corrected chi connectivity index (χ3v) is 5.51. The number of carbonyl (C=O) groups is 1. The number of anilines is 1. The average Bonchev–Trinajstić information content (AvgIpc) is 3.03. The molecule has 0 spiro atoms. The monoisotopic (exact) mass is 374 g/mol. The fourth-order valence-corrected chi connectivity index (χ4v) is 4.23. The fraction of sp³-hybridized carbons (Fsp3) is 0.526. The van der Waals surface area contributed by atoms with E-state index in [2.05, 4.69) is 20.1 Å². The average molecular weight is 375 g/mol. The Kier molecular flexibility index (Phi) is 6.55. The highest BCUT2D eigenvalue weighted by atomic mass is 32.2. The Bertz CT molecular complexity index is 741. The zero-order valence-corrected chi connectivity index (χ0v) is 16.2. The number of aryl methyl sites for hydroxylation is 1. The van der Waals surface area contributed by atoms with Crippen LogP contribution in [-0.2, 0) is 4.79 Å². The highest BCUT2D eigenvalue weighted by Crippen LogP contribution is 2.32. The van der Waals surface area contributed by atoms with Crippen molar-refractivity contribution in [3.63, 3.8) is 0 Å². The molecule has 6 nitrogen and oxygen atoms in total. The Morgan fingerprint density at radius 1 is 1.27 bits per heavy atom. The number of thioether (sulfide) groups is 1. The number of benzene rings is 1. The van der Waals surface area contributed by atoms with Crippen LogP contribution in [0, 0.1) is 6.92 Å². The van der Waals surface area contributed by atoms with Crippen LogP contribution in [0.2, 0.25) is 0 Å². The molecule has 0 aliphatic heterocycles. The maximum Gasteiger partial charge on any atom is 0.234 e. The number of ether oxygens (including phenoxy) is 1. The predicted octanol–water partition coefficient (Wildman–Crippen LogP) is 4.22. The lowest BCUT2D eigenvalue weighted by Crippen LogP contribution is -2.17. The molecule has 1 aromatic carbocycles. The second-order valence-electron chi connectivity index (χ2n) is 6.46. The fourth-order valence-electron chi connectivity index (χ4n) is 3.38. The first-order chi connectivity index (χ1) is 12.7. The normalized spacial score (nSPS) is 15.0. The number of aromatic nitrogens is 3. The molecular weight excluding hydrogens is 348 g/mol. The number of hydrogen-bond acceptors (Lipinski definition) is 5. The van der Waals surface area contributed by atoms with Crippen LogP contribution in [0.5, 0.6) is 5.75 Å². The lowest BCUT2D eigenvalue weighted by atomic mass is 9.95. The van der Waals surface area contributed by atoms with Gasteiger partial charge in [0.2, 0.25) is 5.91 Å². The number of nitrogens with zero attached hydrogens (tertiary/aromatic N) is 3. The topological polar surface area (TPSA) is 69.0 Å². The summed E-state index contributed by atoms with van der Waals surface area (Å²) < 4.78 is 7.77. The van der Waals surface area contributed by atoms with Crippen LogP contribution >= 0.6 is 11.8 Å². The lowest BCUT2D eigenvalue weighted by molar-refractivity contribution is -0.113. The van der Waals surface area contributed by atoms with E-state index in [0.717, 1.165) is 11.0 Å². The minimum absolute atomic E-state index is 0.0713. The molecule has 0 unspecified atom stereocenters. The third kappa shape index (κ3) is 4.58. The van der Waals surface area contributed by atoms with Crippen molar-refractivity contribution in [2.45, 2.75) is 57.1 Å². The van der Waals surface area contributed by atoms with E-state index < -0.39 is 0 Å². The number of para-hydroxylation sites is 2. The second-order valence-corrected chi connectivity index (χ2v) is 7.40. The molecule has 1 N–H and O–H groups in total. The Hall–Kier alpha value is -2.02. The predicted molar refractivity (Wildman–Crippen MR) is 104 cm³/mol. The van der Waals surface area contributed by atoms with E-state index in [1.54, 1.807) is 0 Å². The van der Waals surface area contributed by atoms with Gasteiger partial charge in [0.05, 0.1) is 18.0 Å². The quantitative estimate of drug-likeness (QED) is 0.735. The molecule has 0 atom stereocenters. The molecule has 0 saturated heterocycles. The van der Waals surface area contributed by atoms with Crippen LogP contribution in [0.25, 0.3) is 0 Å². The summed E-state index contributed by atoms with van der Waals surface area (Å²) in [6.45, 7) is 4.48. The van der Waals surface area contributed by atoms with E-state index in [1.165, 1.54) is 43.9 Å². The first kappa shape index (κ1) is 18.8. The Balaban J connectivity index is 1.62. The van der Waals surface area contributed by atoms with Crippen LogP contribution in [0.4, 0.5) is 5.69 Å². The van der Waals surface area contributed by atoms with Gasteiger partial charge in [0.25, 0.3) is 0 Å². The van der Waals surface area contributed by atoms with Crippen LogP contribution in [0.1, 0.15) is 50.9 Å². The highest BCUT2D eigenvalue weighted by molar-refractivity contribution is 7.99. The maximum absolute atomic E-state index is 12.4. The van der Waals surface area contributed by atoms with Crippen molar-refractivity contribution >= 4 is 23.4 Å². The first-order valence-corrected chi connectivity index (χ1v) is 10.2. The number of rotatable bonds is 7.